The molecule has 3 rings (SSSR count). The molecule has 0 unspecified atom stereocenters. The summed E-state index contributed by atoms with van der Waals surface area (Å²) in [6.07, 6.45) is 0. The number of halogens is 1. The van der Waals surface area contributed by atoms with Crippen LogP contribution in [0.3, 0.4) is 0 Å². The van der Waals surface area contributed by atoms with E-state index < -0.39 is 0 Å². The second-order valence-corrected chi connectivity index (χ2v) is 6.74. The molecule has 6 nitrogen and oxygen atoms in total. The molecule has 0 radical (unpaired) electrons. The van der Waals surface area contributed by atoms with E-state index in [1.165, 1.54) is 11.8 Å². The van der Waals surface area contributed by atoms with Gasteiger partial charge in [-0.1, -0.05) is 45.9 Å². The van der Waals surface area contributed by atoms with E-state index in [-0.39, 0.29) is 17.6 Å². The fourth-order valence-corrected chi connectivity index (χ4v) is 3.03. The maximum atomic E-state index is 11.8. The summed E-state index contributed by atoms with van der Waals surface area (Å²) in [6.45, 7) is 0. The molecule has 0 aliphatic rings. The highest BCUT2D eigenvalue weighted by molar-refractivity contribution is 9.10. The summed E-state index contributed by atoms with van der Waals surface area (Å²) in [7, 11) is 0. The zero-order valence-electron chi connectivity index (χ0n) is 12.4. The van der Waals surface area contributed by atoms with Crippen molar-refractivity contribution in [2.75, 3.05) is 5.75 Å². The lowest BCUT2D eigenvalue weighted by molar-refractivity contribution is -0.119. The van der Waals surface area contributed by atoms with Crippen LogP contribution >= 0.6 is 27.7 Å². The van der Waals surface area contributed by atoms with Crippen LogP contribution in [0.2, 0.25) is 0 Å². The molecule has 3 aromatic rings. The van der Waals surface area contributed by atoms with E-state index >= 15 is 0 Å². The number of aromatic amines is 1. The number of hydrogen-bond donors (Lipinski definition) is 3. The van der Waals surface area contributed by atoms with Gasteiger partial charge < -0.3 is 4.98 Å². The summed E-state index contributed by atoms with van der Waals surface area (Å²) < 4.78 is 0.955. The van der Waals surface area contributed by atoms with Gasteiger partial charge in [-0.25, -0.2) is 4.98 Å². The number of imidazole rings is 1. The van der Waals surface area contributed by atoms with Gasteiger partial charge in [0.1, 0.15) is 0 Å². The predicted octanol–water partition coefficient (Wildman–Crippen LogP) is 2.88. The van der Waals surface area contributed by atoms with Crippen molar-refractivity contribution in [3.05, 3.63) is 58.6 Å². The molecule has 122 valence electrons. The first kappa shape index (κ1) is 16.5. The summed E-state index contributed by atoms with van der Waals surface area (Å²) in [4.78, 5) is 31.2. The van der Waals surface area contributed by atoms with Gasteiger partial charge in [0, 0.05) is 10.0 Å². The topological polar surface area (TPSA) is 86.9 Å². The molecule has 0 bridgehead atoms. The SMILES string of the molecule is O=C(CSc1nc2ccc(Br)cc2[nH]1)NNC(=O)c1ccccc1. The number of H-pyrrole nitrogens is 1. The lowest BCUT2D eigenvalue weighted by Crippen LogP contribution is -2.42. The number of hydrogen-bond acceptors (Lipinski definition) is 4. The first-order valence-electron chi connectivity index (χ1n) is 7.04. The van der Waals surface area contributed by atoms with Gasteiger partial charge >= 0.3 is 0 Å². The van der Waals surface area contributed by atoms with Gasteiger partial charge in [0.25, 0.3) is 5.91 Å². The number of hydrazine groups is 1. The number of carbonyl (C=O) groups is 2. The second-order valence-electron chi connectivity index (χ2n) is 4.86. The Kier molecular flexibility index (Phi) is 5.17. The smallest absolute Gasteiger partial charge is 0.269 e. The molecule has 8 heteroatoms. The summed E-state index contributed by atoms with van der Waals surface area (Å²) in [5.41, 5.74) is 6.97. The highest BCUT2D eigenvalue weighted by atomic mass is 79.9. The molecule has 0 spiro atoms. The fourth-order valence-electron chi connectivity index (χ4n) is 1.98. The van der Waals surface area contributed by atoms with Crippen molar-refractivity contribution >= 4 is 50.5 Å². The van der Waals surface area contributed by atoms with E-state index in [4.69, 9.17) is 0 Å². The average Bonchev–Trinajstić information content (AvgIpc) is 3.00. The van der Waals surface area contributed by atoms with Gasteiger partial charge in [0.05, 0.1) is 16.8 Å². The molecule has 0 saturated heterocycles. The molecule has 3 N–H and O–H groups in total. The molecule has 24 heavy (non-hydrogen) atoms. The first-order chi connectivity index (χ1) is 11.6. The van der Waals surface area contributed by atoms with Gasteiger partial charge in [-0.15, -0.1) is 0 Å². The van der Waals surface area contributed by atoms with Crippen molar-refractivity contribution in [3.63, 3.8) is 0 Å². The van der Waals surface area contributed by atoms with Crippen LogP contribution in [0.15, 0.2) is 58.2 Å². The van der Waals surface area contributed by atoms with E-state index in [1.807, 2.05) is 24.3 Å². The van der Waals surface area contributed by atoms with Crippen molar-refractivity contribution in [2.45, 2.75) is 5.16 Å². The highest BCUT2D eigenvalue weighted by Crippen LogP contribution is 2.22. The van der Waals surface area contributed by atoms with E-state index in [2.05, 4.69) is 36.7 Å². The van der Waals surface area contributed by atoms with Crippen LogP contribution in [-0.4, -0.2) is 27.5 Å². The Labute approximate surface area is 150 Å². The molecule has 1 heterocycles. The molecule has 2 aromatic carbocycles. The largest absolute Gasteiger partial charge is 0.333 e. The fraction of sp³-hybridized carbons (Fsp3) is 0.0625. The number of amides is 2. The van der Waals surface area contributed by atoms with Gasteiger partial charge in [-0.3, -0.25) is 20.4 Å². The van der Waals surface area contributed by atoms with E-state index in [9.17, 15) is 9.59 Å². The van der Waals surface area contributed by atoms with Gasteiger partial charge in [-0.2, -0.15) is 0 Å². The highest BCUT2D eigenvalue weighted by Gasteiger charge is 2.09. The molecule has 0 aliphatic heterocycles. The molecule has 0 saturated carbocycles. The summed E-state index contributed by atoms with van der Waals surface area (Å²) in [5.74, 6) is -0.538. The third kappa shape index (κ3) is 4.15. The molecule has 0 fully saturated rings. The zero-order chi connectivity index (χ0) is 16.9. The van der Waals surface area contributed by atoms with Crippen molar-refractivity contribution in [1.82, 2.24) is 20.8 Å². The van der Waals surface area contributed by atoms with Gasteiger partial charge in [0.2, 0.25) is 5.91 Å². The number of carbonyl (C=O) groups excluding carboxylic acids is 2. The summed E-state index contributed by atoms with van der Waals surface area (Å²) >= 11 is 4.66. The van der Waals surface area contributed by atoms with Crippen LogP contribution in [0, 0.1) is 0 Å². The van der Waals surface area contributed by atoms with Crippen LogP contribution in [0.1, 0.15) is 10.4 Å². The number of fused-ring (bicyclic) bond motifs is 1. The minimum atomic E-state index is -0.359. The third-order valence-corrected chi connectivity index (χ3v) is 4.48. The van der Waals surface area contributed by atoms with Gasteiger partial charge in [-0.05, 0) is 30.3 Å². The van der Waals surface area contributed by atoms with E-state index in [1.54, 1.807) is 24.3 Å². The number of rotatable bonds is 4. The van der Waals surface area contributed by atoms with E-state index in [0.717, 1.165) is 15.5 Å². The number of benzene rings is 2. The van der Waals surface area contributed by atoms with Crippen molar-refractivity contribution in [2.24, 2.45) is 0 Å². The first-order valence-corrected chi connectivity index (χ1v) is 8.82. The maximum Gasteiger partial charge on any atom is 0.269 e. The second kappa shape index (κ2) is 7.50. The Morgan fingerprint density at radius 3 is 2.71 bits per heavy atom. The summed E-state index contributed by atoms with van der Waals surface area (Å²) in [6, 6.07) is 14.4. The molecule has 0 atom stereocenters. The normalized spacial score (nSPS) is 10.5. The lowest BCUT2D eigenvalue weighted by atomic mass is 10.2. The Morgan fingerprint density at radius 1 is 1.12 bits per heavy atom. The quantitative estimate of drug-likeness (QED) is 0.460. The number of aromatic nitrogens is 2. The minimum Gasteiger partial charge on any atom is -0.333 e. The molecule has 0 aliphatic carbocycles. The van der Waals surface area contributed by atoms with Crippen LogP contribution in [0.5, 0.6) is 0 Å². The van der Waals surface area contributed by atoms with Crippen molar-refractivity contribution < 1.29 is 9.59 Å². The lowest BCUT2D eigenvalue weighted by Gasteiger charge is -2.06. The Bertz CT molecular complexity index is 882. The minimum absolute atomic E-state index is 0.135. The van der Waals surface area contributed by atoms with Crippen LogP contribution < -0.4 is 10.9 Å². The monoisotopic (exact) mass is 404 g/mol. The van der Waals surface area contributed by atoms with Crippen LogP contribution in [0.4, 0.5) is 0 Å². The van der Waals surface area contributed by atoms with Crippen LogP contribution in [-0.2, 0) is 4.79 Å². The summed E-state index contributed by atoms with van der Waals surface area (Å²) in [5, 5.41) is 0.646. The van der Waals surface area contributed by atoms with Crippen LogP contribution in [0.25, 0.3) is 11.0 Å². The molecule has 2 amide bonds. The predicted molar refractivity (Wildman–Crippen MR) is 96.6 cm³/mol. The molecule has 1 aromatic heterocycles. The average molecular weight is 405 g/mol. The Hall–Kier alpha value is -2.32. The number of nitrogens with zero attached hydrogens (tertiary/aromatic N) is 1. The standard InChI is InChI=1S/C16H13BrN4O2S/c17-11-6-7-12-13(8-11)19-16(18-12)24-9-14(22)20-21-15(23)10-4-2-1-3-5-10/h1-8H,9H2,(H,18,19)(H,20,22)(H,21,23). The van der Waals surface area contributed by atoms with Gasteiger partial charge in [0.15, 0.2) is 5.16 Å². The van der Waals surface area contributed by atoms with Crippen molar-refractivity contribution in [1.29, 1.82) is 0 Å². The third-order valence-electron chi connectivity index (χ3n) is 3.11. The molecular weight excluding hydrogens is 392 g/mol. The zero-order valence-corrected chi connectivity index (χ0v) is 14.8. The Morgan fingerprint density at radius 2 is 1.92 bits per heavy atom. The molecular formula is C16H13BrN4O2S. The number of nitrogens with one attached hydrogen (secondary N) is 3. The van der Waals surface area contributed by atoms with Crippen molar-refractivity contribution in [3.8, 4) is 0 Å². The number of thioether (sulfide) groups is 1. The maximum absolute atomic E-state index is 11.8. The van der Waals surface area contributed by atoms with E-state index in [0.29, 0.717) is 10.7 Å². The Balaban J connectivity index is 1.50.